The molecule has 1 heterocycles. The summed E-state index contributed by atoms with van der Waals surface area (Å²) < 4.78 is 0. The van der Waals surface area contributed by atoms with Crippen molar-refractivity contribution in [1.82, 2.24) is 10.6 Å². The quantitative estimate of drug-likeness (QED) is 0.898. The summed E-state index contributed by atoms with van der Waals surface area (Å²) >= 11 is 12.3. The van der Waals surface area contributed by atoms with E-state index in [1.807, 2.05) is 25.1 Å². The molecule has 0 bridgehead atoms. The minimum absolute atomic E-state index is 0.00676. The predicted molar refractivity (Wildman–Crippen MR) is 78.8 cm³/mol. The van der Waals surface area contributed by atoms with E-state index in [9.17, 15) is 4.79 Å². The lowest BCUT2D eigenvalue weighted by atomic mass is 10.1. The van der Waals surface area contributed by atoms with E-state index in [2.05, 4.69) is 10.6 Å². The van der Waals surface area contributed by atoms with Crippen LogP contribution in [0.2, 0.25) is 10.0 Å². The molecule has 1 amide bonds. The van der Waals surface area contributed by atoms with E-state index >= 15 is 0 Å². The molecule has 1 aliphatic heterocycles. The van der Waals surface area contributed by atoms with Crippen molar-refractivity contribution in [3.8, 4) is 0 Å². The first-order valence-corrected chi connectivity index (χ1v) is 7.30. The average Bonchev–Trinajstić information content (AvgIpc) is 2.88. The highest BCUT2D eigenvalue weighted by atomic mass is 35.5. The highest BCUT2D eigenvalue weighted by molar-refractivity contribution is 6.36. The average molecular weight is 301 g/mol. The van der Waals surface area contributed by atoms with E-state index in [1.54, 1.807) is 0 Å². The number of hydrogen-bond donors (Lipinski definition) is 2. The van der Waals surface area contributed by atoms with Gasteiger partial charge in [0.05, 0.1) is 6.04 Å². The lowest BCUT2D eigenvalue weighted by Crippen LogP contribution is -2.44. The number of amides is 1. The van der Waals surface area contributed by atoms with Gasteiger partial charge in [-0.3, -0.25) is 4.79 Å². The van der Waals surface area contributed by atoms with Gasteiger partial charge in [-0.25, -0.2) is 0 Å². The maximum atomic E-state index is 12.0. The largest absolute Gasteiger partial charge is 0.352 e. The Morgan fingerprint density at radius 1 is 1.47 bits per heavy atom. The summed E-state index contributed by atoms with van der Waals surface area (Å²) in [7, 11) is 0. The van der Waals surface area contributed by atoms with Crippen molar-refractivity contribution in [2.45, 2.75) is 38.3 Å². The summed E-state index contributed by atoms with van der Waals surface area (Å²) in [6, 6.07) is 5.40. The summed E-state index contributed by atoms with van der Waals surface area (Å²) in [4.78, 5) is 12.0. The molecule has 0 spiro atoms. The monoisotopic (exact) mass is 300 g/mol. The number of carbonyl (C=O) groups excluding carboxylic acids is 1. The molecule has 5 heteroatoms. The Morgan fingerprint density at radius 2 is 2.16 bits per heavy atom. The Labute approximate surface area is 123 Å². The van der Waals surface area contributed by atoms with Crippen LogP contribution < -0.4 is 10.6 Å². The van der Waals surface area contributed by atoms with Gasteiger partial charge in [-0.15, -0.1) is 0 Å². The van der Waals surface area contributed by atoms with Crippen LogP contribution in [0.15, 0.2) is 18.2 Å². The van der Waals surface area contributed by atoms with E-state index in [1.165, 1.54) is 0 Å². The first-order chi connectivity index (χ1) is 9.08. The molecule has 1 aromatic rings. The van der Waals surface area contributed by atoms with E-state index in [0.29, 0.717) is 16.5 Å². The van der Waals surface area contributed by atoms with Crippen molar-refractivity contribution in [3.63, 3.8) is 0 Å². The lowest BCUT2D eigenvalue weighted by Gasteiger charge is -2.18. The van der Waals surface area contributed by atoms with Crippen LogP contribution >= 0.6 is 23.2 Å². The van der Waals surface area contributed by atoms with E-state index in [0.717, 1.165) is 24.9 Å². The third-order valence-electron chi connectivity index (χ3n) is 3.34. The zero-order valence-corrected chi connectivity index (χ0v) is 12.4. The van der Waals surface area contributed by atoms with Crippen LogP contribution in [0.5, 0.6) is 0 Å². The van der Waals surface area contributed by atoms with Crippen molar-refractivity contribution >= 4 is 29.1 Å². The van der Waals surface area contributed by atoms with Gasteiger partial charge in [0.25, 0.3) is 0 Å². The third-order valence-corrected chi connectivity index (χ3v) is 4.05. The van der Waals surface area contributed by atoms with Crippen LogP contribution in [0.1, 0.15) is 25.3 Å². The van der Waals surface area contributed by atoms with Crippen LogP contribution in [0.3, 0.4) is 0 Å². The molecule has 2 rings (SSSR count). The molecule has 1 saturated heterocycles. The van der Waals surface area contributed by atoms with E-state index < -0.39 is 0 Å². The standard InChI is InChI=1S/C14H18Cl2N2O/c1-9(18-14(19)13-6-3-7-17-13)8-10-11(15)4-2-5-12(10)16/h2,4-5,9,13,17H,3,6-8H2,1H3,(H,18,19). The number of benzene rings is 1. The molecular formula is C14H18Cl2N2O. The van der Waals surface area contributed by atoms with Gasteiger partial charge in [0, 0.05) is 16.1 Å². The molecule has 1 aliphatic rings. The van der Waals surface area contributed by atoms with Gasteiger partial charge in [-0.05, 0) is 50.4 Å². The van der Waals surface area contributed by atoms with Crippen molar-refractivity contribution in [2.75, 3.05) is 6.54 Å². The molecule has 104 valence electrons. The number of hydrogen-bond acceptors (Lipinski definition) is 2. The highest BCUT2D eigenvalue weighted by Crippen LogP contribution is 2.25. The zero-order chi connectivity index (χ0) is 13.8. The van der Waals surface area contributed by atoms with Gasteiger partial charge in [0.1, 0.15) is 0 Å². The minimum Gasteiger partial charge on any atom is -0.352 e. The van der Waals surface area contributed by atoms with E-state index in [4.69, 9.17) is 23.2 Å². The molecule has 0 aliphatic carbocycles. The summed E-state index contributed by atoms with van der Waals surface area (Å²) in [6.45, 7) is 2.88. The van der Waals surface area contributed by atoms with Crippen LogP contribution in [0, 0.1) is 0 Å². The number of carbonyl (C=O) groups is 1. The SMILES string of the molecule is CC(Cc1c(Cl)cccc1Cl)NC(=O)C1CCCN1. The first-order valence-electron chi connectivity index (χ1n) is 6.54. The Kier molecular flexibility index (Phi) is 5.08. The van der Waals surface area contributed by atoms with Gasteiger partial charge >= 0.3 is 0 Å². The molecule has 2 N–H and O–H groups in total. The molecule has 3 nitrogen and oxygen atoms in total. The van der Waals surface area contributed by atoms with Crippen LogP contribution in [0.4, 0.5) is 0 Å². The maximum Gasteiger partial charge on any atom is 0.237 e. The second-order valence-corrected chi connectivity index (χ2v) is 5.78. The van der Waals surface area contributed by atoms with Gasteiger partial charge in [0.2, 0.25) is 5.91 Å². The third kappa shape index (κ3) is 3.85. The van der Waals surface area contributed by atoms with Crippen LogP contribution in [-0.4, -0.2) is 24.5 Å². The summed E-state index contributed by atoms with van der Waals surface area (Å²) in [5.41, 5.74) is 0.887. The topological polar surface area (TPSA) is 41.1 Å². The predicted octanol–water partition coefficient (Wildman–Crippen LogP) is 2.79. The van der Waals surface area contributed by atoms with Crippen LogP contribution in [0.25, 0.3) is 0 Å². The van der Waals surface area contributed by atoms with Crippen molar-refractivity contribution < 1.29 is 4.79 Å². The van der Waals surface area contributed by atoms with Gasteiger partial charge in [0.15, 0.2) is 0 Å². The molecule has 2 unspecified atom stereocenters. The van der Waals surface area contributed by atoms with Crippen molar-refractivity contribution in [2.24, 2.45) is 0 Å². The van der Waals surface area contributed by atoms with E-state index in [-0.39, 0.29) is 18.0 Å². The lowest BCUT2D eigenvalue weighted by molar-refractivity contribution is -0.123. The van der Waals surface area contributed by atoms with Crippen LogP contribution in [-0.2, 0) is 11.2 Å². The smallest absolute Gasteiger partial charge is 0.237 e. The molecule has 0 aromatic heterocycles. The minimum atomic E-state index is -0.0517. The fourth-order valence-corrected chi connectivity index (χ4v) is 2.89. The Balaban J connectivity index is 1.93. The zero-order valence-electron chi connectivity index (χ0n) is 10.9. The molecule has 0 radical (unpaired) electrons. The summed E-state index contributed by atoms with van der Waals surface area (Å²) in [6.07, 6.45) is 2.60. The number of rotatable bonds is 4. The second-order valence-electron chi connectivity index (χ2n) is 4.96. The molecule has 1 aromatic carbocycles. The normalized spacial score (nSPS) is 20.3. The van der Waals surface area contributed by atoms with Gasteiger partial charge in [-0.2, -0.15) is 0 Å². The fraction of sp³-hybridized carbons (Fsp3) is 0.500. The molecule has 1 fully saturated rings. The number of halogens is 2. The fourth-order valence-electron chi connectivity index (χ4n) is 2.34. The Morgan fingerprint density at radius 3 is 2.74 bits per heavy atom. The summed E-state index contributed by atoms with van der Waals surface area (Å²) in [5.74, 6) is 0.0631. The number of nitrogens with one attached hydrogen (secondary N) is 2. The van der Waals surface area contributed by atoms with Gasteiger partial charge < -0.3 is 10.6 Å². The first kappa shape index (κ1) is 14.6. The second kappa shape index (κ2) is 6.60. The molecule has 2 atom stereocenters. The maximum absolute atomic E-state index is 12.0. The van der Waals surface area contributed by atoms with Gasteiger partial charge in [-0.1, -0.05) is 29.3 Å². The Hall–Kier alpha value is -0.770. The molecule has 19 heavy (non-hydrogen) atoms. The van der Waals surface area contributed by atoms with Crippen molar-refractivity contribution in [3.05, 3.63) is 33.8 Å². The molecular weight excluding hydrogens is 283 g/mol. The Bertz CT molecular complexity index is 439. The molecule has 0 saturated carbocycles. The highest BCUT2D eigenvalue weighted by Gasteiger charge is 2.23. The summed E-state index contributed by atoms with van der Waals surface area (Å²) in [5, 5.41) is 7.48. The van der Waals surface area contributed by atoms with Crippen molar-refractivity contribution in [1.29, 1.82) is 0 Å².